The summed E-state index contributed by atoms with van der Waals surface area (Å²) in [5.41, 5.74) is 3.01. The van der Waals surface area contributed by atoms with E-state index in [0.717, 1.165) is 26.1 Å². The molecule has 3 atom stereocenters. The van der Waals surface area contributed by atoms with Crippen molar-refractivity contribution in [1.82, 2.24) is 9.62 Å². The number of benzene rings is 4. The third-order valence-corrected chi connectivity index (χ3v) is 8.88. The minimum atomic E-state index is -1.12. The fourth-order valence-corrected chi connectivity index (χ4v) is 6.81. The maximum absolute atomic E-state index is 13.9. The molecule has 2 unspecified atom stereocenters. The summed E-state index contributed by atoms with van der Waals surface area (Å²) in [6.07, 6.45) is 2.52. The van der Waals surface area contributed by atoms with Crippen LogP contribution in [0.15, 0.2) is 124 Å². The molecule has 0 saturated heterocycles. The molecule has 4 aromatic rings. The van der Waals surface area contributed by atoms with Gasteiger partial charge >= 0.3 is 5.97 Å². The molecule has 1 amide bonds. The highest BCUT2D eigenvalue weighted by Gasteiger charge is 2.39. The Kier molecular flexibility index (Phi) is 9.80. The largest absolute Gasteiger partial charge is 0.480 e. The van der Waals surface area contributed by atoms with E-state index in [4.69, 9.17) is 11.6 Å². The maximum Gasteiger partial charge on any atom is 0.326 e. The molecule has 0 radical (unpaired) electrons. The number of halogens is 3. The number of amides is 1. The van der Waals surface area contributed by atoms with Gasteiger partial charge in [0.1, 0.15) is 11.9 Å². The van der Waals surface area contributed by atoms with Gasteiger partial charge in [0, 0.05) is 26.4 Å². The van der Waals surface area contributed by atoms with E-state index in [1.54, 1.807) is 18.2 Å². The number of aliphatic carboxylic acids is 1. The number of hydrogen-bond donors (Lipinski definition) is 2. The highest BCUT2D eigenvalue weighted by molar-refractivity contribution is 9.10. The molecule has 0 saturated carbocycles. The minimum Gasteiger partial charge on any atom is -0.480 e. The van der Waals surface area contributed by atoms with Crippen LogP contribution in [0.5, 0.6) is 0 Å². The van der Waals surface area contributed by atoms with Gasteiger partial charge in [-0.3, -0.25) is 4.79 Å². The molecule has 5 rings (SSSR count). The van der Waals surface area contributed by atoms with Crippen LogP contribution in [0.2, 0.25) is 5.02 Å². The van der Waals surface area contributed by atoms with Gasteiger partial charge in [-0.1, -0.05) is 88.2 Å². The number of nitrogens with zero attached hydrogens (tertiary/aromatic N) is 1. The first-order chi connectivity index (χ1) is 20.3. The molecule has 0 bridgehead atoms. The van der Waals surface area contributed by atoms with Gasteiger partial charge in [0.2, 0.25) is 5.91 Å². The molecule has 9 heteroatoms. The van der Waals surface area contributed by atoms with E-state index in [9.17, 15) is 19.1 Å². The number of carboxylic acids is 1. The van der Waals surface area contributed by atoms with Crippen LogP contribution in [0, 0.1) is 5.82 Å². The summed E-state index contributed by atoms with van der Waals surface area (Å²) >= 11 is 11.4. The fraction of sp³-hybridized carbons (Fsp3) is 0.152. The van der Waals surface area contributed by atoms with Crippen LogP contribution in [-0.4, -0.2) is 27.3 Å². The Morgan fingerprint density at radius 1 is 0.976 bits per heavy atom. The Morgan fingerprint density at radius 3 is 2.38 bits per heavy atom. The van der Waals surface area contributed by atoms with E-state index in [2.05, 4.69) is 25.6 Å². The van der Waals surface area contributed by atoms with Crippen molar-refractivity contribution in [2.45, 2.75) is 35.9 Å². The number of carboxylic acid groups (broad SMARTS) is 1. The normalized spacial score (nSPS) is 17.7. The second-order valence-electron chi connectivity index (χ2n) is 9.88. The van der Waals surface area contributed by atoms with E-state index < -0.39 is 24.0 Å². The predicted molar refractivity (Wildman–Crippen MR) is 168 cm³/mol. The Bertz CT molecular complexity index is 1600. The molecule has 214 valence electrons. The van der Waals surface area contributed by atoms with E-state index >= 15 is 0 Å². The van der Waals surface area contributed by atoms with E-state index in [-0.39, 0.29) is 18.3 Å². The van der Waals surface area contributed by atoms with Gasteiger partial charge in [0.05, 0.1) is 12.1 Å². The maximum atomic E-state index is 13.9. The monoisotopic (exact) mass is 664 g/mol. The second-order valence-corrected chi connectivity index (χ2v) is 12.3. The van der Waals surface area contributed by atoms with Gasteiger partial charge in [0.25, 0.3) is 0 Å². The van der Waals surface area contributed by atoms with Crippen LogP contribution in [0.25, 0.3) is 0 Å². The third kappa shape index (κ3) is 7.31. The lowest BCUT2D eigenvalue weighted by atomic mass is 9.88. The molecule has 5 nitrogen and oxygen atoms in total. The molecule has 4 aromatic carbocycles. The van der Waals surface area contributed by atoms with E-state index in [0.29, 0.717) is 17.0 Å². The molecule has 1 aliphatic rings. The lowest BCUT2D eigenvalue weighted by molar-refractivity contribution is -0.141. The first-order valence-electron chi connectivity index (χ1n) is 13.3. The Balaban J connectivity index is 1.56. The second kappa shape index (κ2) is 13.7. The summed E-state index contributed by atoms with van der Waals surface area (Å²) in [7, 11) is 0. The molecule has 0 aromatic heterocycles. The number of rotatable bonds is 9. The van der Waals surface area contributed by atoms with Crippen LogP contribution >= 0.6 is 39.5 Å². The van der Waals surface area contributed by atoms with Crippen LogP contribution < -0.4 is 5.32 Å². The van der Waals surface area contributed by atoms with Crippen molar-refractivity contribution in [3.05, 3.63) is 147 Å². The number of hydrogen-bond acceptors (Lipinski definition) is 4. The van der Waals surface area contributed by atoms with Crippen molar-refractivity contribution in [3.63, 3.8) is 0 Å². The van der Waals surface area contributed by atoms with Crippen LogP contribution in [0.1, 0.15) is 35.2 Å². The van der Waals surface area contributed by atoms with Crippen molar-refractivity contribution in [2.24, 2.45) is 0 Å². The summed E-state index contributed by atoms with van der Waals surface area (Å²) in [6, 6.07) is 28.8. The van der Waals surface area contributed by atoms with Crippen molar-refractivity contribution in [1.29, 1.82) is 0 Å². The van der Waals surface area contributed by atoms with Gasteiger partial charge in [-0.05, 0) is 83.6 Å². The zero-order valence-corrected chi connectivity index (χ0v) is 25.5. The Hall–Kier alpha value is -3.43. The fourth-order valence-electron chi connectivity index (χ4n) is 5.01. The summed E-state index contributed by atoms with van der Waals surface area (Å²) in [5.74, 6) is -1.93. The smallest absolute Gasteiger partial charge is 0.326 e. The molecular weight excluding hydrogens is 639 g/mol. The molecule has 2 N–H and O–H groups in total. The van der Waals surface area contributed by atoms with Crippen molar-refractivity contribution in [2.75, 3.05) is 0 Å². The highest BCUT2D eigenvalue weighted by Crippen LogP contribution is 2.48. The van der Waals surface area contributed by atoms with E-state index in [1.807, 2.05) is 78.9 Å². The van der Waals surface area contributed by atoms with Crippen LogP contribution in [-0.2, 0) is 16.0 Å². The molecule has 0 spiro atoms. The molecular formula is C33H27BrClFN2O3S. The average molecular weight is 666 g/mol. The first kappa shape index (κ1) is 30.0. The van der Waals surface area contributed by atoms with Crippen LogP contribution in [0.4, 0.5) is 4.39 Å². The van der Waals surface area contributed by atoms with Gasteiger partial charge in [-0.15, -0.1) is 0 Å². The average Bonchev–Trinajstić information content (AvgIpc) is 2.98. The summed E-state index contributed by atoms with van der Waals surface area (Å²) in [6.45, 7) is 0. The number of carbonyl (C=O) groups is 2. The summed E-state index contributed by atoms with van der Waals surface area (Å²) in [4.78, 5) is 27.0. The summed E-state index contributed by atoms with van der Waals surface area (Å²) < 4.78 is 16.8. The summed E-state index contributed by atoms with van der Waals surface area (Å²) in [5, 5.41) is 13.3. The number of nitrogens with one attached hydrogen (secondary N) is 1. The van der Waals surface area contributed by atoms with Crippen molar-refractivity contribution < 1.29 is 19.1 Å². The highest BCUT2D eigenvalue weighted by atomic mass is 79.9. The molecule has 0 aliphatic carbocycles. The Labute approximate surface area is 261 Å². The van der Waals surface area contributed by atoms with Gasteiger partial charge < -0.3 is 10.4 Å². The minimum absolute atomic E-state index is 0.145. The van der Waals surface area contributed by atoms with E-state index in [1.165, 1.54) is 24.1 Å². The zero-order chi connectivity index (χ0) is 29.6. The lowest BCUT2D eigenvalue weighted by Gasteiger charge is -2.41. The van der Waals surface area contributed by atoms with Gasteiger partial charge in [-0.2, -0.15) is 0 Å². The Morgan fingerprint density at radius 2 is 1.69 bits per heavy atom. The van der Waals surface area contributed by atoms with Gasteiger partial charge in [-0.25, -0.2) is 13.5 Å². The SMILES string of the molecule is O=C(NC(Cc1ccccc1)C(=O)O)C1=CCC(c2cccc(Br)c2)N(Sc2ccc(F)cc2)[C@H]1c1cccc(Cl)c1. The molecule has 1 heterocycles. The van der Waals surface area contributed by atoms with Gasteiger partial charge in [0.15, 0.2) is 0 Å². The van der Waals surface area contributed by atoms with Crippen LogP contribution in [0.3, 0.4) is 0 Å². The first-order valence-corrected chi connectivity index (χ1v) is 15.2. The zero-order valence-electron chi connectivity index (χ0n) is 22.3. The predicted octanol–water partition coefficient (Wildman–Crippen LogP) is 8.18. The molecule has 1 aliphatic heterocycles. The lowest BCUT2D eigenvalue weighted by Crippen LogP contribution is -2.45. The molecule has 42 heavy (non-hydrogen) atoms. The topological polar surface area (TPSA) is 69.6 Å². The van der Waals surface area contributed by atoms with Crippen molar-refractivity contribution in [3.8, 4) is 0 Å². The quantitative estimate of drug-likeness (QED) is 0.177. The standard InChI is InChI=1S/C33H27BrClFN2O3S/c34-24-10-4-8-22(19-24)30-17-16-28(32(39)37-29(33(40)41)18-21-6-2-1-3-7-21)31(23-9-5-11-25(35)20-23)38(30)42-27-14-12-26(36)13-15-27/h1-16,19-20,29-31H,17-18H2,(H,37,39)(H,40,41)/t29?,30?,31-/m0/s1. The third-order valence-electron chi connectivity index (χ3n) is 6.99. The van der Waals surface area contributed by atoms with Crippen molar-refractivity contribution >= 4 is 51.4 Å². The molecule has 0 fully saturated rings. The number of carbonyl (C=O) groups excluding carboxylic acids is 1.